The molecule has 1 N–H and O–H groups in total. The Bertz CT molecular complexity index is 1160. The van der Waals surface area contributed by atoms with Crippen LogP contribution in [0, 0.1) is 11.7 Å². The molecule has 35 heavy (non-hydrogen) atoms. The van der Waals surface area contributed by atoms with E-state index in [1.807, 2.05) is 20.2 Å². The van der Waals surface area contributed by atoms with Gasteiger partial charge in [-0.25, -0.2) is 9.18 Å². The number of rotatable bonds is 4. The van der Waals surface area contributed by atoms with Crippen molar-refractivity contribution in [2.75, 3.05) is 25.5 Å². The van der Waals surface area contributed by atoms with Crippen molar-refractivity contribution in [3.63, 3.8) is 0 Å². The fourth-order valence-corrected chi connectivity index (χ4v) is 5.46. The number of aromatic nitrogens is 2. The minimum atomic E-state index is -4.74. The molecule has 1 saturated heterocycles. The van der Waals surface area contributed by atoms with Crippen LogP contribution in [0.15, 0.2) is 30.3 Å². The molecule has 2 amide bonds. The molecule has 1 aliphatic heterocycles. The summed E-state index contributed by atoms with van der Waals surface area (Å²) in [6.45, 7) is 0.124. The molecule has 0 atom stereocenters. The Morgan fingerprint density at radius 2 is 1.83 bits per heavy atom. The highest BCUT2D eigenvalue weighted by molar-refractivity contribution is 5.97. The third-order valence-corrected chi connectivity index (χ3v) is 7.72. The molecule has 2 heterocycles. The summed E-state index contributed by atoms with van der Waals surface area (Å²) >= 11 is 0. The predicted molar refractivity (Wildman–Crippen MR) is 119 cm³/mol. The lowest BCUT2D eigenvalue weighted by Gasteiger charge is -2.48. The summed E-state index contributed by atoms with van der Waals surface area (Å²) in [5, 5.41) is 6.50. The largest absolute Gasteiger partial charge is 0.435 e. The maximum Gasteiger partial charge on any atom is 0.435 e. The molecule has 1 spiro atoms. The van der Waals surface area contributed by atoms with Crippen molar-refractivity contribution < 1.29 is 27.2 Å². The Morgan fingerprint density at radius 3 is 2.40 bits per heavy atom. The second-order valence-electron chi connectivity index (χ2n) is 10.1. The van der Waals surface area contributed by atoms with Crippen molar-refractivity contribution in [1.29, 1.82) is 0 Å². The van der Waals surface area contributed by atoms with Crippen LogP contribution in [-0.2, 0) is 11.7 Å². The number of nitrogens with zero attached hydrogens (tertiary/aromatic N) is 4. The monoisotopic (exact) mass is 493 g/mol. The smallest absolute Gasteiger partial charge is 0.330 e. The van der Waals surface area contributed by atoms with E-state index >= 15 is 0 Å². The molecule has 5 rings (SSSR count). The van der Waals surface area contributed by atoms with Crippen LogP contribution in [0.1, 0.15) is 54.6 Å². The van der Waals surface area contributed by atoms with Gasteiger partial charge in [-0.1, -0.05) is 12.1 Å². The van der Waals surface area contributed by atoms with Crippen molar-refractivity contribution in [3.05, 3.63) is 47.4 Å². The molecule has 0 bridgehead atoms. The van der Waals surface area contributed by atoms with Crippen LogP contribution in [0.2, 0.25) is 0 Å². The summed E-state index contributed by atoms with van der Waals surface area (Å²) in [6, 6.07) is 6.72. The molecule has 1 aromatic carbocycles. The standard InChI is InChI=1S/C24H27F4N5O2/c1-31(2)23(16-4-3-5-17(25)12-16)10-8-22(9-11-23)14-32(21(35)29-22)19-13-18(24(26,27)28)30-33(19)20(34)15-6-7-15/h3-5,12-13,15H,6-11,14H2,1-2H3,(H,29,35). The maximum absolute atomic E-state index is 14.0. The number of carbonyl (C=O) groups excluding carboxylic acids is 2. The first-order chi connectivity index (χ1) is 16.4. The number of hydrogen-bond donors (Lipinski definition) is 1. The van der Waals surface area contributed by atoms with Crippen molar-refractivity contribution in [2.45, 2.75) is 55.8 Å². The van der Waals surface area contributed by atoms with Gasteiger partial charge in [-0.3, -0.25) is 14.6 Å². The second kappa shape index (κ2) is 8.04. The Balaban J connectivity index is 1.42. The van der Waals surface area contributed by atoms with Crippen molar-refractivity contribution >= 4 is 17.8 Å². The number of hydrogen-bond acceptors (Lipinski definition) is 4. The number of halogens is 4. The van der Waals surface area contributed by atoms with E-state index < -0.39 is 34.9 Å². The van der Waals surface area contributed by atoms with Crippen LogP contribution in [0.3, 0.4) is 0 Å². The van der Waals surface area contributed by atoms with Gasteiger partial charge in [0.05, 0.1) is 12.1 Å². The van der Waals surface area contributed by atoms with Gasteiger partial charge in [0.1, 0.15) is 11.6 Å². The number of nitrogens with one attached hydrogen (secondary N) is 1. The quantitative estimate of drug-likeness (QED) is 0.642. The predicted octanol–water partition coefficient (Wildman–Crippen LogP) is 4.39. The molecular formula is C24H27F4N5O2. The zero-order chi connectivity index (χ0) is 25.2. The van der Waals surface area contributed by atoms with E-state index in [1.165, 1.54) is 17.0 Å². The average Bonchev–Trinajstić information content (AvgIpc) is 3.46. The Morgan fingerprint density at radius 1 is 1.14 bits per heavy atom. The van der Waals surface area contributed by atoms with Crippen molar-refractivity contribution in [3.8, 4) is 0 Å². The highest BCUT2D eigenvalue weighted by Gasteiger charge is 2.52. The third-order valence-electron chi connectivity index (χ3n) is 7.72. The number of carbonyl (C=O) groups is 2. The molecule has 2 aromatic rings. The molecule has 7 nitrogen and oxygen atoms in total. The minimum absolute atomic E-state index is 0.124. The SMILES string of the molecule is CN(C)C1(c2cccc(F)c2)CCC2(CC1)CN(c1cc(C(F)(F)F)nn1C(=O)C1CC1)C(=O)N2. The van der Waals surface area contributed by atoms with Gasteiger partial charge < -0.3 is 5.32 Å². The molecular weight excluding hydrogens is 466 g/mol. The molecule has 2 aliphatic carbocycles. The normalized spacial score (nSPS) is 27.1. The first-order valence-corrected chi connectivity index (χ1v) is 11.7. The molecule has 0 radical (unpaired) electrons. The summed E-state index contributed by atoms with van der Waals surface area (Å²) in [5.41, 5.74) is -1.45. The first kappa shape index (κ1) is 23.8. The molecule has 3 fully saturated rings. The number of anilines is 1. The lowest BCUT2D eigenvalue weighted by atomic mass is 9.69. The van der Waals surface area contributed by atoms with E-state index in [2.05, 4.69) is 15.3 Å². The van der Waals surface area contributed by atoms with Crippen LogP contribution in [0.25, 0.3) is 0 Å². The fraction of sp³-hybridized carbons (Fsp3) is 0.542. The molecule has 2 saturated carbocycles. The van der Waals surface area contributed by atoms with E-state index in [0.29, 0.717) is 38.5 Å². The Kier molecular flexibility index (Phi) is 5.46. The minimum Gasteiger partial charge on any atom is -0.330 e. The number of benzene rings is 1. The number of alkyl halides is 3. The highest BCUT2D eigenvalue weighted by Crippen LogP contribution is 2.47. The summed E-state index contributed by atoms with van der Waals surface area (Å²) in [5.74, 6) is -1.36. The summed E-state index contributed by atoms with van der Waals surface area (Å²) in [7, 11) is 3.87. The summed E-state index contributed by atoms with van der Waals surface area (Å²) in [6.07, 6.45) is -1.22. The zero-order valence-electron chi connectivity index (χ0n) is 19.5. The average molecular weight is 494 g/mol. The third kappa shape index (κ3) is 4.09. The van der Waals surface area contributed by atoms with Crippen molar-refractivity contribution in [2.24, 2.45) is 5.92 Å². The van der Waals surface area contributed by atoms with Gasteiger partial charge in [-0.2, -0.15) is 23.0 Å². The molecule has 188 valence electrons. The van der Waals surface area contributed by atoms with E-state index in [0.717, 1.165) is 16.3 Å². The van der Waals surface area contributed by atoms with Gasteiger partial charge in [0.2, 0.25) is 0 Å². The van der Waals surface area contributed by atoms with E-state index in [1.54, 1.807) is 6.07 Å². The van der Waals surface area contributed by atoms with Gasteiger partial charge in [0, 0.05) is 17.5 Å². The van der Waals surface area contributed by atoms with E-state index in [9.17, 15) is 27.2 Å². The molecule has 0 unspecified atom stereocenters. The lowest BCUT2D eigenvalue weighted by Crippen LogP contribution is -2.54. The van der Waals surface area contributed by atoms with Gasteiger partial charge >= 0.3 is 12.2 Å². The van der Waals surface area contributed by atoms with Crippen LogP contribution in [-0.4, -0.2) is 52.8 Å². The first-order valence-electron chi connectivity index (χ1n) is 11.7. The van der Waals surface area contributed by atoms with Crippen LogP contribution >= 0.6 is 0 Å². The summed E-state index contributed by atoms with van der Waals surface area (Å²) < 4.78 is 55.0. The Labute approximate surface area is 200 Å². The fourth-order valence-electron chi connectivity index (χ4n) is 5.46. The second-order valence-corrected chi connectivity index (χ2v) is 10.1. The van der Waals surface area contributed by atoms with E-state index in [4.69, 9.17) is 0 Å². The zero-order valence-corrected chi connectivity index (χ0v) is 19.5. The van der Waals surface area contributed by atoms with Crippen molar-refractivity contribution in [1.82, 2.24) is 20.0 Å². The van der Waals surface area contributed by atoms with Gasteiger partial charge in [-0.05, 0) is 70.3 Å². The molecule has 3 aliphatic rings. The van der Waals surface area contributed by atoms with Crippen LogP contribution in [0.5, 0.6) is 0 Å². The van der Waals surface area contributed by atoms with Gasteiger partial charge in [0.15, 0.2) is 5.69 Å². The van der Waals surface area contributed by atoms with E-state index in [-0.39, 0.29) is 24.1 Å². The highest BCUT2D eigenvalue weighted by atomic mass is 19.4. The molecule has 1 aromatic heterocycles. The Hall–Kier alpha value is -2.95. The van der Waals surface area contributed by atoms with Crippen LogP contribution < -0.4 is 10.2 Å². The lowest BCUT2D eigenvalue weighted by molar-refractivity contribution is -0.141. The number of amides is 2. The van der Waals surface area contributed by atoms with Gasteiger partial charge in [0.25, 0.3) is 5.91 Å². The summed E-state index contributed by atoms with van der Waals surface area (Å²) in [4.78, 5) is 28.9. The van der Waals surface area contributed by atoms with Gasteiger partial charge in [-0.15, -0.1) is 0 Å². The number of urea groups is 1. The topological polar surface area (TPSA) is 70.5 Å². The van der Waals surface area contributed by atoms with Crippen LogP contribution in [0.4, 0.5) is 28.2 Å². The maximum atomic E-state index is 14.0. The molecule has 11 heteroatoms.